The molecule has 1 N–H and O–H groups in total. The zero-order valence-electron chi connectivity index (χ0n) is 10.7. The van der Waals surface area contributed by atoms with Crippen molar-refractivity contribution in [2.45, 2.75) is 13.0 Å². The zero-order chi connectivity index (χ0) is 14.9. The van der Waals surface area contributed by atoms with Crippen molar-refractivity contribution < 1.29 is 14.7 Å². The normalized spacial score (nSPS) is 19.1. The van der Waals surface area contributed by atoms with Crippen LogP contribution < -0.4 is 0 Å². The highest BCUT2D eigenvalue weighted by Gasteiger charge is 2.30. The number of carbonyl (C=O) groups is 2. The van der Waals surface area contributed by atoms with Crippen LogP contribution in [0.15, 0.2) is 16.7 Å². The van der Waals surface area contributed by atoms with E-state index >= 15 is 0 Å². The fraction of sp³-hybridized carbons (Fsp3) is 0.417. The van der Waals surface area contributed by atoms with Crippen LogP contribution in [-0.2, 0) is 0 Å². The Bertz CT molecular complexity index is 555. The fourth-order valence-corrected chi connectivity index (χ4v) is 2.59. The Labute approximate surface area is 129 Å². The first-order chi connectivity index (χ1) is 9.40. The van der Waals surface area contributed by atoms with E-state index in [0.717, 1.165) is 0 Å². The van der Waals surface area contributed by atoms with Gasteiger partial charge in [-0.15, -0.1) is 0 Å². The summed E-state index contributed by atoms with van der Waals surface area (Å²) in [4.78, 5) is 30.2. The van der Waals surface area contributed by atoms with E-state index in [9.17, 15) is 9.59 Å². The monoisotopic (exact) mass is 361 g/mol. The smallest absolute Gasteiger partial charge is 0.407 e. The Hall–Kier alpha value is -1.34. The predicted molar refractivity (Wildman–Crippen MR) is 77.0 cm³/mol. The van der Waals surface area contributed by atoms with Gasteiger partial charge in [-0.3, -0.25) is 4.79 Å². The molecule has 1 atom stereocenters. The summed E-state index contributed by atoms with van der Waals surface area (Å²) in [5, 5.41) is 9.25. The lowest BCUT2D eigenvalue weighted by Crippen LogP contribution is -2.55. The van der Waals surface area contributed by atoms with Crippen molar-refractivity contribution in [2.24, 2.45) is 0 Å². The minimum Gasteiger partial charge on any atom is -0.465 e. The Balaban J connectivity index is 2.13. The van der Waals surface area contributed by atoms with E-state index in [2.05, 4.69) is 20.9 Å². The Morgan fingerprint density at radius 3 is 2.75 bits per heavy atom. The summed E-state index contributed by atoms with van der Waals surface area (Å²) in [6.07, 6.45) is 0.464. The molecule has 0 radical (unpaired) electrons. The van der Waals surface area contributed by atoms with Crippen LogP contribution in [0.5, 0.6) is 0 Å². The van der Waals surface area contributed by atoms with Gasteiger partial charge in [-0.25, -0.2) is 9.78 Å². The summed E-state index contributed by atoms with van der Waals surface area (Å²) in [5.74, 6) is -0.174. The number of hydrogen-bond acceptors (Lipinski definition) is 3. The zero-order valence-corrected chi connectivity index (χ0v) is 13.1. The van der Waals surface area contributed by atoms with Crippen molar-refractivity contribution >= 4 is 39.5 Å². The molecule has 1 aromatic heterocycles. The number of halogens is 2. The van der Waals surface area contributed by atoms with Gasteiger partial charge in [0.1, 0.15) is 5.15 Å². The van der Waals surface area contributed by atoms with Crippen molar-refractivity contribution in [3.05, 3.63) is 27.5 Å². The summed E-state index contributed by atoms with van der Waals surface area (Å²) in [5.41, 5.74) is 0.428. The van der Waals surface area contributed by atoms with Crippen LogP contribution in [0.3, 0.4) is 0 Å². The van der Waals surface area contributed by atoms with E-state index in [1.165, 1.54) is 11.1 Å². The first-order valence-corrected chi connectivity index (χ1v) is 7.17. The highest BCUT2D eigenvalue weighted by molar-refractivity contribution is 9.10. The van der Waals surface area contributed by atoms with Gasteiger partial charge in [0.05, 0.1) is 10.0 Å². The third-order valence-corrected chi connectivity index (χ3v) is 4.34. The molecule has 108 valence electrons. The molecule has 0 aromatic carbocycles. The molecule has 1 aromatic rings. The highest BCUT2D eigenvalue weighted by atomic mass is 79.9. The number of pyridine rings is 1. The fourth-order valence-electron chi connectivity index (χ4n) is 2.14. The van der Waals surface area contributed by atoms with E-state index in [1.807, 2.05) is 6.92 Å². The van der Waals surface area contributed by atoms with Crippen molar-refractivity contribution in [3.63, 3.8) is 0 Å². The molecule has 1 saturated heterocycles. The van der Waals surface area contributed by atoms with Crippen molar-refractivity contribution in [2.75, 3.05) is 19.6 Å². The molecule has 0 saturated carbocycles. The number of nitrogens with zero attached hydrogens (tertiary/aromatic N) is 3. The van der Waals surface area contributed by atoms with Crippen LogP contribution in [0.2, 0.25) is 5.15 Å². The minimum absolute atomic E-state index is 0.174. The van der Waals surface area contributed by atoms with Gasteiger partial charge in [0.2, 0.25) is 0 Å². The van der Waals surface area contributed by atoms with Crippen LogP contribution in [0.1, 0.15) is 17.3 Å². The highest BCUT2D eigenvalue weighted by Crippen LogP contribution is 2.22. The van der Waals surface area contributed by atoms with Crippen molar-refractivity contribution in [3.8, 4) is 0 Å². The Morgan fingerprint density at radius 2 is 2.20 bits per heavy atom. The van der Waals surface area contributed by atoms with E-state index in [4.69, 9.17) is 16.7 Å². The summed E-state index contributed by atoms with van der Waals surface area (Å²) in [7, 11) is 0. The summed E-state index contributed by atoms with van der Waals surface area (Å²) < 4.78 is 0.557. The predicted octanol–water partition coefficient (Wildman–Crippen LogP) is 2.32. The van der Waals surface area contributed by atoms with Gasteiger partial charge >= 0.3 is 6.09 Å². The molecule has 0 bridgehead atoms. The number of piperazine rings is 1. The van der Waals surface area contributed by atoms with Crippen LogP contribution in [0.25, 0.3) is 0 Å². The topological polar surface area (TPSA) is 73.7 Å². The molecule has 1 unspecified atom stereocenters. The number of carbonyl (C=O) groups excluding carboxylic acids is 1. The summed E-state index contributed by atoms with van der Waals surface area (Å²) in [6, 6.07) is 1.44. The van der Waals surface area contributed by atoms with Gasteiger partial charge < -0.3 is 14.9 Å². The average Bonchev–Trinajstić information content (AvgIpc) is 2.41. The summed E-state index contributed by atoms with van der Waals surface area (Å²) in [6.45, 7) is 2.81. The van der Waals surface area contributed by atoms with Crippen LogP contribution in [-0.4, -0.2) is 57.6 Å². The molecular formula is C12H13BrClN3O3. The standard InChI is InChI=1S/C12H13BrClN3O3/c1-7-6-16(12(19)20)2-3-17(7)11(18)8-4-9(13)10(14)15-5-8/h4-5,7H,2-3,6H2,1H3,(H,19,20). The third kappa shape index (κ3) is 3.04. The van der Waals surface area contributed by atoms with Gasteiger partial charge in [0.15, 0.2) is 0 Å². The lowest BCUT2D eigenvalue weighted by atomic mass is 10.1. The first kappa shape index (κ1) is 15.1. The maximum Gasteiger partial charge on any atom is 0.407 e. The molecule has 2 amide bonds. The third-order valence-electron chi connectivity index (χ3n) is 3.20. The van der Waals surface area contributed by atoms with Gasteiger partial charge in [-0.05, 0) is 28.9 Å². The molecule has 1 fully saturated rings. The molecule has 2 heterocycles. The summed E-state index contributed by atoms with van der Waals surface area (Å²) >= 11 is 9.03. The molecule has 6 nitrogen and oxygen atoms in total. The lowest BCUT2D eigenvalue weighted by molar-refractivity contribution is 0.0483. The molecule has 8 heteroatoms. The SMILES string of the molecule is CC1CN(C(=O)O)CCN1C(=O)c1cnc(Cl)c(Br)c1. The maximum atomic E-state index is 12.4. The second kappa shape index (κ2) is 5.97. The van der Waals surface area contributed by atoms with Gasteiger partial charge in [-0.1, -0.05) is 11.6 Å². The molecule has 20 heavy (non-hydrogen) atoms. The van der Waals surface area contributed by atoms with Crippen molar-refractivity contribution in [1.82, 2.24) is 14.8 Å². The van der Waals surface area contributed by atoms with Gasteiger partial charge in [0.25, 0.3) is 5.91 Å². The van der Waals surface area contributed by atoms with Crippen LogP contribution in [0.4, 0.5) is 4.79 Å². The van der Waals surface area contributed by atoms with E-state index in [1.54, 1.807) is 11.0 Å². The second-order valence-electron chi connectivity index (χ2n) is 4.57. The van der Waals surface area contributed by atoms with Crippen molar-refractivity contribution in [1.29, 1.82) is 0 Å². The quantitative estimate of drug-likeness (QED) is 0.778. The minimum atomic E-state index is -0.958. The molecule has 1 aliphatic rings. The molecule has 0 spiro atoms. The van der Waals surface area contributed by atoms with Crippen LogP contribution >= 0.6 is 27.5 Å². The van der Waals surface area contributed by atoms with Gasteiger partial charge in [0, 0.05) is 31.9 Å². The first-order valence-electron chi connectivity index (χ1n) is 6.00. The largest absolute Gasteiger partial charge is 0.465 e. The number of carboxylic acid groups (broad SMARTS) is 1. The average molecular weight is 363 g/mol. The number of rotatable bonds is 1. The molecule has 1 aliphatic heterocycles. The van der Waals surface area contributed by atoms with E-state index < -0.39 is 6.09 Å². The molecule has 0 aliphatic carbocycles. The molecule has 2 rings (SSSR count). The number of aromatic nitrogens is 1. The van der Waals surface area contributed by atoms with E-state index in [-0.39, 0.29) is 11.9 Å². The maximum absolute atomic E-state index is 12.4. The number of hydrogen-bond donors (Lipinski definition) is 1. The lowest BCUT2D eigenvalue weighted by Gasteiger charge is -2.38. The Morgan fingerprint density at radius 1 is 1.50 bits per heavy atom. The second-order valence-corrected chi connectivity index (χ2v) is 5.79. The Kier molecular flexibility index (Phi) is 4.49. The van der Waals surface area contributed by atoms with E-state index in [0.29, 0.717) is 34.8 Å². The molecular weight excluding hydrogens is 350 g/mol. The number of amides is 2. The van der Waals surface area contributed by atoms with Gasteiger partial charge in [-0.2, -0.15) is 0 Å². The van der Waals surface area contributed by atoms with Crippen LogP contribution in [0, 0.1) is 0 Å².